The van der Waals surface area contributed by atoms with Gasteiger partial charge in [-0.2, -0.15) is 0 Å². The van der Waals surface area contributed by atoms with E-state index in [2.05, 4.69) is 4.90 Å². The van der Waals surface area contributed by atoms with E-state index in [9.17, 15) is 0 Å². The molecule has 104 valence electrons. The van der Waals surface area contributed by atoms with Crippen LogP contribution in [-0.2, 0) is 0 Å². The molecule has 0 aromatic rings. The zero-order valence-electron chi connectivity index (χ0n) is 11.9. The molecule has 0 aromatic carbocycles. The highest BCUT2D eigenvalue weighted by Crippen LogP contribution is 2.41. The second-order valence-corrected chi connectivity index (χ2v) is 7.26. The Morgan fingerprint density at radius 1 is 0.889 bits per heavy atom. The normalized spacial score (nSPS) is 36.5. The van der Waals surface area contributed by atoms with E-state index in [-0.39, 0.29) is 0 Å². The Balaban J connectivity index is 1.59. The Kier molecular flexibility index (Phi) is 3.95. The summed E-state index contributed by atoms with van der Waals surface area (Å²) in [4.78, 5) is 2.77. The molecule has 0 amide bonds. The van der Waals surface area contributed by atoms with Crippen LogP contribution < -0.4 is 5.73 Å². The average molecular weight is 250 g/mol. The molecule has 1 heterocycles. The minimum Gasteiger partial charge on any atom is -0.330 e. The van der Waals surface area contributed by atoms with Gasteiger partial charge in [0, 0.05) is 19.6 Å². The molecule has 2 atom stereocenters. The van der Waals surface area contributed by atoms with E-state index in [1.807, 2.05) is 0 Å². The SMILES string of the molecule is NCC1(CN2CC3CCCC3C2)CCCCCC1. The summed E-state index contributed by atoms with van der Waals surface area (Å²) in [6.07, 6.45) is 13.0. The van der Waals surface area contributed by atoms with E-state index < -0.39 is 0 Å². The highest BCUT2D eigenvalue weighted by Gasteiger charge is 2.39. The number of nitrogens with two attached hydrogens (primary N) is 1. The number of likely N-dealkylation sites (tertiary alicyclic amines) is 1. The van der Waals surface area contributed by atoms with Gasteiger partial charge in [-0.05, 0) is 49.5 Å². The van der Waals surface area contributed by atoms with Crippen LogP contribution in [0.15, 0.2) is 0 Å². The predicted octanol–water partition coefficient (Wildman–Crippen LogP) is 3.02. The molecule has 1 aliphatic heterocycles. The topological polar surface area (TPSA) is 29.3 Å². The Hall–Kier alpha value is -0.0800. The van der Waals surface area contributed by atoms with Crippen LogP contribution in [0, 0.1) is 17.3 Å². The summed E-state index contributed by atoms with van der Waals surface area (Å²) in [5.41, 5.74) is 6.64. The van der Waals surface area contributed by atoms with Gasteiger partial charge in [0.2, 0.25) is 0 Å². The molecule has 2 N–H and O–H groups in total. The van der Waals surface area contributed by atoms with Crippen LogP contribution in [0.1, 0.15) is 57.8 Å². The highest BCUT2D eigenvalue weighted by atomic mass is 15.2. The van der Waals surface area contributed by atoms with Gasteiger partial charge in [-0.1, -0.05) is 32.1 Å². The first-order valence-corrected chi connectivity index (χ1v) is 8.24. The van der Waals surface area contributed by atoms with Crippen molar-refractivity contribution < 1.29 is 0 Å². The molecule has 3 fully saturated rings. The molecule has 3 aliphatic rings. The van der Waals surface area contributed by atoms with Gasteiger partial charge in [-0.3, -0.25) is 0 Å². The lowest BCUT2D eigenvalue weighted by Gasteiger charge is -2.36. The van der Waals surface area contributed by atoms with Gasteiger partial charge in [0.15, 0.2) is 0 Å². The summed E-state index contributed by atoms with van der Waals surface area (Å²) < 4.78 is 0. The van der Waals surface area contributed by atoms with Crippen molar-refractivity contribution in [1.29, 1.82) is 0 Å². The first kappa shape index (κ1) is 12.9. The van der Waals surface area contributed by atoms with E-state index in [0.29, 0.717) is 5.41 Å². The fraction of sp³-hybridized carbons (Fsp3) is 1.00. The van der Waals surface area contributed by atoms with Crippen LogP contribution >= 0.6 is 0 Å². The van der Waals surface area contributed by atoms with Crippen molar-refractivity contribution in [2.45, 2.75) is 57.8 Å². The fourth-order valence-electron chi connectivity index (χ4n) is 4.84. The van der Waals surface area contributed by atoms with Crippen LogP contribution in [0.4, 0.5) is 0 Å². The van der Waals surface area contributed by atoms with Gasteiger partial charge in [-0.25, -0.2) is 0 Å². The first-order valence-electron chi connectivity index (χ1n) is 8.24. The molecule has 2 saturated carbocycles. The van der Waals surface area contributed by atoms with Crippen molar-refractivity contribution in [3.63, 3.8) is 0 Å². The van der Waals surface area contributed by atoms with E-state index in [1.54, 1.807) is 0 Å². The molecule has 1 saturated heterocycles. The van der Waals surface area contributed by atoms with Gasteiger partial charge >= 0.3 is 0 Å². The van der Waals surface area contributed by atoms with Crippen LogP contribution in [-0.4, -0.2) is 31.1 Å². The second kappa shape index (κ2) is 5.50. The molecular formula is C16H30N2. The standard InChI is InChI=1S/C16H30N2/c17-12-16(8-3-1-2-4-9-16)13-18-10-14-6-5-7-15(14)11-18/h14-15H,1-13,17H2. The number of rotatable bonds is 3. The summed E-state index contributed by atoms with van der Waals surface area (Å²) in [5, 5.41) is 0. The van der Waals surface area contributed by atoms with E-state index in [1.165, 1.54) is 77.4 Å². The maximum Gasteiger partial charge on any atom is 0.00503 e. The predicted molar refractivity (Wildman–Crippen MR) is 76.5 cm³/mol. The number of hydrogen-bond donors (Lipinski definition) is 1. The lowest BCUT2D eigenvalue weighted by molar-refractivity contribution is 0.149. The molecule has 3 rings (SSSR count). The summed E-state index contributed by atoms with van der Waals surface area (Å²) in [5.74, 6) is 2.07. The third kappa shape index (κ3) is 2.60. The van der Waals surface area contributed by atoms with Gasteiger partial charge in [-0.15, -0.1) is 0 Å². The summed E-state index contributed by atoms with van der Waals surface area (Å²) >= 11 is 0. The minimum absolute atomic E-state index is 0.467. The van der Waals surface area contributed by atoms with Crippen molar-refractivity contribution in [2.75, 3.05) is 26.2 Å². The Bertz CT molecular complexity index is 256. The molecular weight excluding hydrogens is 220 g/mol. The Labute approximate surface area is 112 Å². The van der Waals surface area contributed by atoms with Crippen molar-refractivity contribution in [3.05, 3.63) is 0 Å². The lowest BCUT2D eigenvalue weighted by atomic mass is 9.80. The molecule has 0 aromatic heterocycles. The van der Waals surface area contributed by atoms with E-state index in [0.717, 1.165) is 18.4 Å². The van der Waals surface area contributed by atoms with Crippen LogP contribution in [0.2, 0.25) is 0 Å². The van der Waals surface area contributed by atoms with Crippen molar-refractivity contribution in [1.82, 2.24) is 4.90 Å². The zero-order chi connectivity index (χ0) is 12.4. The summed E-state index contributed by atoms with van der Waals surface area (Å²) in [6, 6.07) is 0. The smallest absolute Gasteiger partial charge is 0.00503 e. The number of nitrogens with zero attached hydrogens (tertiary/aromatic N) is 1. The molecule has 2 heteroatoms. The summed E-state index contributed by atoms with van der Waals surface area (Å²) in [6.45, 7) is 4.98. The van der Waals surface area contributed by atoms with Crippen molar-refractivity contribution in [3.8, 4) is 0 Å². The van der Waals surface area contributed by atoms with E-state index in [4.69, 9.17) is 5.73 Å². The van der Waals surface area contributed by atoms with Crippen molar-refractivity contribution in [2.24, 2.45) is 23.0 Å². The Morgan fingerprint density at radius 3 is 2.06 bits per heavy atom. The monoisotopic (exact) mass is 250 g/mol. The molecule has 2 unspecified atom stereocenters. The Morgan fingerprint density at radius 2 is 1.50 bits per heavy atom. The average Bonchev–Trinajstić information content (AvgIpc) is 2.85. The van der Waals surface area contributed by atoms with Crippen LogP contribution in [0.5, 0.6) is 0 Å². The van der Waals surface area contributed by atoms with Crippen LogP contribution in [0.3, 0.4) is 0 Å². The van der Waals surface area contributed by atoms with Gasteiger partial charge in [0.25, 0.3) is 0 Å². The fourth-order valence-corrected chi connectivity index (χ4v) is 4.84. The largest absolute Gasteiger partial charge is 0.330 e. The summed E-state index contributed by atoms with van der Waals surface area (Å²) in [7, 11) is 0. The van der Waals surface area contributed by atoms with Gasteiger partial charge in [0.1, 0.15) is 0 Å². The molecule has 2 aliphatic carbocycles. The van der Waals surface area contributed by atoms with Gasteiger partial charge < -0.3 is 10.6 Å². The third-order valence-electron chi connectivity index (χ3n) is 5.96. The van der Waals surface area contributed by atoms with E-state index >= 15 is 0 Å². The maximum atomic E-state index is 6.17. The quantitative estimate of drug-likeness (QED) is 0.780. The zero-order valence-corrected chi connectivity index (χ0v) is 11.9. The second-order valence-electron chi connectivity index (χ2n) is 7.26. The highest BCUT2D eigenvalue weighted by molar-refractivity contribution is 4.93. The van der Waals surface area contributed by atoms with Gasteiger partial charge in [0.05, 0.1) is 0 Å². The molecule has 0 bridgehead atoms. The molecule has 0 spiro atoms. The van der Waals surface area contributed by atoms with Crippen molar-refractivity contribution >= 4 is 0 Å². The lowest BCUT2D eigenvalue weighted by Crippen LogP contribution is -2.42. The molecule has 2 nitrogen and oxygen atoms in total. The molecule has 18 heavy (non-hydrogen) atoms. The number of fused-ring (bicyclic) bond motifs is 1. The number of hydrogen-bond acceptors (Lipinski definition) is 2. The van der Waals surface area contributed by atoms with Crippen LogP contribution in [0.25, 0.3) is 0 Å². The maximum absolute atomic E-state index is 6.17. The third-order valence-corrected chi connectivity index (χ3v) is 5.96. The molecule has 0 radical (unpaired) electrons. The minimum atomic E-state index is 0.467. The first-order chi connectivity index (χ1) is 8.81.